The number of nitrogens with zero attached hydrogens (tertiary/aromatic N) is 3. The predicted molar refractivity (Wildman–Crippen MR) is 76.7 cm³/mol. The molecule has 0 aromatic carbocycles. The monoisotopic (exact) mass is 260 g/mol. The van der Waals surface area contributed by atoms with E-state index in [4.69, 9.17) is 5.26 Å². The van der Waals surface area contributed by atoms with Gasteiger partial charge in [0.2, 0.25) is 0 Å². The molecule has 0 bridgehead atoms. The molecule has 0 aliphatic carbocycles. The van der Waals surface area contributed by atoms with E-state index < -0.39 is 0 Å². The van der Waals surface area contributed by atoms with Crippen LogP contribution in [0.4, 0.5) is 0 Å². The van der Waals surface area contributed by atoms with Gasteiger partial charge in [-0.25, -0.2) is 0 Å². The molecule has 2 rings (SSSR count). The van der Waals surface area contributed by atoms with Crippen molar-refractivity contribution < 1.29 is 0 Å². The van der Waals surface area contributed by atoms with Crippen LogP contribution in [0.1, 0.15) is 30.5 Å². The van der Waals surface area contributed by atoms with Gasteiger partial charge in [-0.05, 0) is 63.5 Å². The second-order valence-electron chi connectivity index (χ2n) is 5.67. The molecule has 1 aromatic rings. The van der Waals surface area contributed by atoms with Crippen LogP contribution in [0.5, 0.6) is 0 Å². The Balaban J connectivity index is 1.65. The molecule has 1 N–H and O–H groups in total. The number of hydrogen-bond acceptors (Lipinski definition) is 3. The highest BCUT2D eigenvalue weighted by molar-refractivity contribution is 5.28. The van der Waals surface area contributed by atoms with Gasteiger partial charge in [-0.2, -0.15) is 5.26 Å². The van der Waals surface area contributed by atoms with Gasteiger partial charge in [0.1, 0.15) is 11.8 Å². The van der Waals surface area contributed by atoms with Crippen molar-refractivity contribution in [2.45, 2.75) is 25.8 Å². The fourth-order valence-corrected chi connectivity index (χ4v) is 2.73. The summed E-state index contributed by atoms with van der Waals surface area (Å²) in [7, 11) is 4.12. The highest BCUT2D eigenvalue weighted by Gasteiger charge is 2.15. The van der Waals surface area contributed by atoms with E-state index in [0.717, 1.165) is 24.7 Å². The maximum atomic E-state index is 8.90. The van der Waals surface area contributed by atoms with Crippen LogP contribution in [0.25, 0.3) is 0 Å². The fourth-order valence-electron chi connectivity index (χ4n) is 2.73. The van der Waals surface area contributed by atoms with Crippen molar-refractivity contribution in [2.75, 3.05) is 26.7 Å². The minimum absolute atomic E-state index is 0.729. The van der Waals surface area contributed by atoms with Gasteiger partial charge in [0.05, 0.1) is 0 Å². The molecular weight excluding hydrogens is 236 g/mol. The Morgan fingerprint density at radius 2 is 2.11 bits per heavy atom. The summed E-state index contributed by atoms with van der Waals surface area (Å²) in [4.78, 5) is 2.41. The molecule has 1 fully saturated rings. The number of nitrogens with one attached hydrogen (secondary N) is 1. The second kappa shape index (κ2) is 6.74. The molecule has 0 saturated carbocycles. The molecule has 1 aromatic heterocycles. The van der Waals surface area contributed by atoms with E-state index >= 15 is 0 Å². The highest BCUT2D eigenvalue weighted by atomic mass is 15.1. The summed E-state index contributed by atoms with van der Waals surface area (Å²) in [6.07, 6.45) is 5.97. The fraction of sp³-hybridized carbons (Fsp3) is 0.667. The molecule has 0 radical (unpaired) electrons. The minimum atomic E-state index is 0.729. The van der Waals surface area contributed by atoms with Gasteiger partial charge in [-0.15, -0.1) is 0 Å². The van der Waals surface area contributed by atoms with Crippen molar-refractivity contribution >= 4 is 0 Å². The zero-order chi connectivity index (χ0) is 13.7. The van der Waals surface area contributed by atoms with Gasteiger partial charge in [0.15, 0.2) is 0 Å². The third-order valence-electron chi connectivity index (χ3n) is 4.07. The molecule has 19 heavy (non-hydrogen) atoms. The summed E-state index contributed by atoms with van der Waals surface area (Å²) in [5, 5.41) is 12.4. The van der Waals surface area contributed by atoms with Crippen molar-refractivity contribution in [3.8, 4) is 6.07 Å². The van der Waals surface area contributed by atoms with E-state index in [0.29, 0.717) is 0 Å². The van der Waals surface area contributed by atoms with Crippen molar-refractivity contribution in [2.24, 2.45) is 13.0 Å². The lowest BCUT2D eigenvalue weighted by molar-refractivity contribution is 0.211. The normalized spacial score (nSPS) is 17.5. The third-order valence-corrected chi connectivity index (χ3v) is 4.07. The Hall–Kier alpha value is -1.31. The number of aromatic nitrogens is 1. The van der Waals surface area contributed by atoms with Crippen LogP contribution < -0.4 is 5.32 Å². The van der Waals surface area contributed by atoms with Gasteiger partial charge in [-0.1, -0.05) is 0 Å². The second-order valence-corrected chi connectivity index (χ2v) is 5.67. The number of aryl methyl sites for hydroxylation is 1. The molecule has 2 heterocycles. The number of hydrogen-bond donors (Lipinski definition) is 1. The first kappa shape index (κ1) is 14.1. The lowest BCUT2D eigenvalue weighted by Crippen LogP contribution is -2.31. The van der Waals surface area contributed by atoms with Gasteiger partial charge < -0.3 is 14.8 Å². The summed E-state index contributed by atoms with van der Waals surface area (Å²) >= 11 is 0. The Morgan fingerprint density at radius 3 is 2.74 bits per heavy atom. The summed E-state index contributed by atoms with van der Waals surface area (Å²) in [6.45, 7) is 4.43. The largest absolute Gasteiger partial charge is 0.342 e. The van der Waals surface area contributed by atoms with Crippen LogP contribution in [-0.4, -0.2) is 36.1 Å². The van der Waals surface area contributed by atoms with Crippen LogP contribution in [-0.2, 0) is 13.6 Å². The molecule has 0 amide bonds. The van der Waals surface area contributed by atoms with Crippen molar-refractivity contribution in [1.29, 1.82) is 5.26 Å². The average Bonchev–Trinajstić information content (AvgIpc) is 2.77. The molecule has 0 unspecified atom stereocenters. The van der Waals surface area contributed by atoms with Crippen molar-refractivity contribution in [3.05, 3.63) is 23.5 Å². The lowest BCUT2D eigenvalue weighted by atomic mass is 9.94. The Morgan fingerprint density at radius 1 is 1.37 bits per heavy atom. The SMILES string of the molecule is CN1CCC(CCNCc2cc(C#N)n(C)c2)CC1. The molecule has 0 atom stereocenters. The molecule has 1 aliphatic rings. The third kappa shape index (κ3) is 4.09. The van der Waals surface area contributed by atoms with E-state index in [1.54, 1.807) is 0 Å². The van der Waals surface area contributed by atoms with Crippen LogP contribution in [0.3, 0.4) is 0 Å². The average molecular weight is 260 g/mol. The predicted octanol–water partition coefficient (Wildman–Crippen LogP) is 1.72. The molecule has 1 aliphatic heterocycles. The highest BCUT2D eigenvalue weighted by Crippen LogP contribution is 2.18. The van der Waals surface area contributed by atoms with Crippen LogP contribution in [0.2, 0.25) is 0 Å². The Bertz CT molecular complexity index is 435. The number of nitriles is 1. The minimum Gasteiger partial charge on any atom is -0.342 e. The molecular formula is C15H24N4. The molecule has 4 heteroatoms. The van der Waals surface area contributed by atoms with Crippen LogP contribution in [0.15, 0.2) is 12.3 Å². The maximum Gasteiger partial charge on any atom is 0.120 e. The first-order valence-electron chi connectivity index (χ1n) is 7.13. The maximum absolute atomic E-state index is 8.90. The Labute approximate surface area is 116 Å². The first-order valence-corrected chi connectivity index (χ1v) is 7.13. The van der Waals surface area contributed by atoms with Crippen LogP contribution >= 0.6 is 0 Å². The standard InChI is InChI=1S/C15H24N4/c1-18-7-4-13(5-8-18)3-6-17-11-14-9-15(10-16)19(2)12-14/h9,12-13,17H,3-8,11H2,1-2H3. The molecule has 4 nitrogen and oxygen atoms in total. The summed E-state index contributed by atoms with van der Waals surface area (Å²) in [5.74, 6) is 0.883. The summed E-state index contributed by atoms with van der Waals surface area (Å²) in [6, 6.07) is 4.15. The van der Waals surface area contributed by atoms with Crippen molar-refractivity contribution in [3.63, 3.8) is 0 Å². The number of piperidine rings is 1. The topological polar surface area (TPSA) is 44.0 Å². The zero-order valence-corrected chi connectivity index (χ0v) is 12.0. The summed E-state index contributed by atoms with van der Waals surface area (Å²) < 4.78 is 1.88. The van der Waals surface area contributed by atoms with Gasteiger partial charge >= 0.3 is 0 Å². The van der Waals surface area contributed by atoms with E-state index in [1.807, 2.05) is 23.9 Å². The first-order chi connectivity index (χ1) is 9.19. The smallest absolute Gasteiger partial charge is 0.120 e. The zero-order valence-electron chi connectivity index (χ0n) is 12.0. The van der Waals surface area contributed by atoms with E-state index in [-0.39, 0.29) is 0 Å². The lowest BCUT2D eigenvalue weighted by Gasteiger charge is -2.28. The quantitative estimate of drug-likeness (QED) is 0.820. The van der Waals surface area contributed by atoms with Crippen molar-refractivity contribution in [1.82, 2.24) is 14.8 Å². The Kier molecular flexibility index (Phi) is 5.00. The van der Waals surface area contributed by atoms with Gasteiger partial charge in [0.25, 0.3) is 0 Å². The van der Waals surface area contributed by atoms with Gasteiger partial charge in [0, 0.05) is 19.8 Å². The van der Waals surface area contributed by atoms with E-state index in [2.05, 4.69) is 23.3 Å². The molecule has 0 spiro atoms. The molecule has 1 saturated heterocycles. The van der Waals surface area contributed by atoms with E-state index in [1.165, 1.54) is 37.9 Å². The number of rotatable bonds is 5. The summed E-state index contributed by atoms with van der Waals surface area (Å²) in [5.41, 5.74) is 1.93. The van der Waals surface area contributed by atoms with E-state index in [9.17, 15) is 0 Å². The van der Waals surface area contributed by atoms with Crippen LogP contribution in [0, 0.1) is 17.2 Å². The molecule has 104 valence electrons. The number of likely N-dealkylation sites (tertiary alicyclic amines) is 1. The van der Waals surface area contributed by atoms with Gasteiger partial charge in [-0.3, -0.25) is 0 Å².